The third kappa shape index (κ3) is 4.24. The van der Waals surface area contributed by atoms with Crippen molar-refractivity contribution < 1.29 is 14.9 Å². The van der Waals surface area contributed by atoms with Crippen molar-refractivity contribution in [1.82, 2.24) is 0 Å². The molecule has 0 saturated heterocycles. The lowest BCUT2D eigenvalue weighted by atomic mass is 10.1. The smallest absolute Gasteiger partial charge is 0.119 e. The van der Waals surface area contributed by atoms with Gasteiger partial charge < -0.3 is 20.3 Å². The summed E-state index contributed by atoms with van der Waals surface area (Å²) >= 11 is 0. The van der Waals surface area contributed by atoms with E-state index in [-0.39, 0.29) is 12.6 Å². The van der Waals surface area contributed by atoms with Crippen molar-refractivity contribution in [3.8, 4) is 5.75 Å². The first-order valence-corrected chi connectivity index (χ1v) is 5.90. The van der Waals surface area contributed by atoms with Crippen LogP contribution in [0.5, 0.6) is 5.75 Å². The van der Waals surface area contributed by atoms with Crippen LogP contribution in [0, 0.1) is 0 Å². The highest BCUT2D eigenvalue weighted by Crippen LogP contribution is 2.17. The van der Waals surface area contributed by atoms with Gasteiger partial charge in [0.25, 0.3) is 0 Å². The summed E-state index contributed by atoms with van der Waals surface area (Å²) in [6.07, 6.45) is 1.02. The van der Waals surface area contributed by atoms with Gasteiger partial charge in [-0.2, -0.15) is 0 Å². The van der Waals surface area contributed by atoms with E-state index in [1.165, 1.54) is 0 Å². The summed E-state index contributed by atoms with van der Waals surface area (Å²) in [5.41, 5.74) is 0.914. The highest BCUT2D eigenvalue weighted by atomic mass is 16.5. The number of benzene rings is 1. The quantitative estimate of drug-likeness (QED) is 0.677. The Balaban J connectivity index is 2.64. The third-order valence-electron chi connectivity index (χ3n) is 2.69. The van der Waals surface area contributed by atoms with Crippen LogP contribution in [0.2, 0.25) is 0 Å². The molecule has 0 aliphatic heterocycles. The zero-order valence-electron chi connectivity index (χ0n) is 10.4. The van der Waals surface area contributed by atoms with Crippen LogP contribution in [-0.4, -0.2) is 36.1 Å². The van der Waals surface area contributed by atoms with Crippen molar-refractivity contribution in [2.24, 2.45) is 0 Å². The van der Waals surface area contributed by atoms with Gasteiger partial charge in [-0.3, -0.25) is 0 Å². The number of anilines is 1. The van der Waals surface area contributed by atoms with Crippen LogP contribution >= 0.6 is 0 Å². The number of methoxy groups -OCH3 is 1. The average Bonchev–Trinajstić information content (AvgIpc) is 2.38. The van der Waals surface area contributed by atoms with Crippen LogP contribution in [0.25, 0.3) is 0 Å². The zero-order valence-corrected chi connectivity index (χ0v) is 10.4. The number of nitrogens with one attached hydrogen (secondary N) is 1. The Morgan fingerprint density at radius 3 is 2.41 bits per heavy atom. The van der Waals surface area contributed by atoms with Crippen molar-refractivity contribution >= 4 is 5.69 Å². The van der Waals surface area contributed by atoms with Gasteiger partial charge in [-0.1, -0.05) is 13.3 Å². The Labute approximate surface area is 102 Å². The maximum absolute atomic E-state index is 9.67. The predicted octanol–water partition coefficient (Wildman–Crippen LogP) is 1.63. The summed E-state index contributed by atoms with van der Waals surface area (Å²) in [7, 11) is 1.62. The lowest BCUT2D eigenvalue weighted by molar-refractivity contribution is 0.0771. The van der Waals surface area contributed by atoms with E-state index in [2.05, 4.69) is 5.32 Å². The Morgan fingerprint density at radius 2 is 1.94 bits per heavy atom. The van der Waals surface area contributed by atoms with E-state index in [1.54, 1.807) is 7.11 Å². The van der Waals surface area contributed by atoms with E-state index in [0.717, 1.165) is 24.3 Å². The van der Waals surface area contributed by atoms with E-state index >= 15 is 0 Å². The van der Waals surface area contributed by atoms with Crippen molar-refractivity contribution in [2.45, 2.75) is 31.9 Å². The van der Waals surface area contributed by atoms with Gasteiger partial charge in [0.15, 0.2) is 0 Å². The van der Waals surface area contributed by atoms with Crippen LogP contribution in [0.4, 0.5) is 5.69 Å². The van der Waals surface area contributed by atoms with Gasteiger partial charge >= 0.3 is 0 Å². The molecule has 0 heterocycles. The van der Waals surface area contributed by atoms with Crippen molar-refractivity contribution in [1.29, 1.82) is 0 Å². The molecular formula is C13H21NO3. The standard InChI is InChI=1S/C13H21NO3/c1-3-4-12(13(16)9-15)14-10-5-7-11(17-2)8-6-10/h5-8,12-16H,3-4,9H2,1-2H3. The minimum Gasteiger partial charge on any atom is -0.497 e. The normalized spacial score (nSPS) is 14.1. The molecule has 1 aromatic rings. The largest absolute Gasteiger partial charge is 0.497 e. The Kier molecular flexibility index (Phi) is 5.80. The molecule has 0 aliphatic rings. The predicted molar refractivity (Wildman–Crippen MR) is 68.4 cm³/mol. The molecule has 0 saturated carbocycles. The molecular weight excluding hydrogens is 218 g/mol. The SMILES string of the molecule is CCCC(Nc1ccc(OC)cc1)C(O)CO. The lowest BCUT2D eigenvalue weighted by Gasteiger charge is -2.23. The fourth-order valence-corrected chi connectivity index (χ4v) is 1.70. The fraction of sp³-hybridized carbons (Fsp3) is 0.538. The van der Waals surface area contributed by atoms with E-state index in [1.807, 2.05) is 31.2 Å². The Morgan fingerprint density at radius 1 is 1.29 bits per heavy atom. The molecule has 0 fully saturated rings. The number of rotatable bonds is 7. The maximum Gasteiger partial charge on any atom is 0.119 e. The molecule has 0 bridgehead atoms. The van der Waals surface area contributed by atoms with Gasteiger partial charge in [-0.15, -0.1) is 0 Å². The van der Waals surface area contributed by atoms with Crippen molar-refractivity contribution in [3.63, 3.8) is 0 Å². The van der Waals surface area contributed by atoms with Crippen LogP contribution < -0.4 is 10.1 Å². The summed E-state index contributed by atoms with van der Waals surface area (Å²) in [5, 5.41) is 21.9. The Hall–Kier alpha value is -1.26. The van der Waals surface area contributed by atoms with Gasteiger partial charge in [0.1, 0.15) is 5.75 Å². The number of hydrogen-bond donors (Lipinski definition) is 3. The minimum atomic E-state index is -0.739. The number of aliphatic hydroxyl groups is 2. The molecule has 4 heteroatoms. The van der Waals surface area contributed by atoms with Crippen molar-refractivity contribution in [2.75, 3.05) is 19.0 Å². The fourth-order valence-electron chi connectivity index (χ4n) is 1.70. The number of ether oxygens (including phenoxy) is 1. The molecule has 96 valence electrons. The second-order valence-corrected chi connectivity index (χ2v) is 4.02. The second-order valence-electron chi connectivity index (χ2n) is 4.02. The van der Waals surface area contributed by atoms with E-state index in [9.17, 15) is 5.11 Å². The molecule has 4 nitrogen and oxygen atoms in total. The maximum atomic E-state index is 9.67. The summed E-state index contributed by atoms with van der Waals surface area (Å²) in [6.45, 7) is 1.82. The summed E-state index contributed by atoms with van der Waals surface area (Å²) in [4.78, 5) is 0. The molecule has 0 aromatic heterocycles. The molecule has 0 radical (unpaired) electrons. The Bertz CT molecular complexity index is 313. The van der Waals surface area contributed by atoms with Crippen LogP contribution in [-0.2, 0) is 0 Å². The van der Waals surface area contributed by atoms with E-state index in [0.29, 0.717) is 0 Å². The summed E-state index contributed by atoms with van der Waals surface area (Å²) in [5.74, 6) is 0.797. The molecule has 2 unspecified atom stereocenters. The summed E-state index contributed by atoms with van der Waals surface area (Å²) in [6, 6.07) is 7.38. The zero-order chi connectivity index (χ0) is 12.7. The monoisotopic (exact) mass is 239 g/mol. The molecule has 0 spiro atoms. The van der Waals surface area contributed by atoms with Crippen LogP contribution in [0.3, 0.4) is 0 Å². The second kappa shape index (κ2) is 7.14. The first-order chi connectivity index (χ1) is 8.21. The van der Waals surface area contributed by atoms with Gasteiger partial charge in [0.05, 0.1) is 25.9 Å². The molecule has 2 atom stereocenters. The highest BCUT2D eigenvalue weighted by molar-refractivity contribution is 5.47. The van der Waals surface area contributed by atoms with Gasteiger partial charge in [0.2, 0.25) is 0 Å². The van der Waals surface area contributed by atoms with Gasteiger partial charge in [-0.05, 0) is 30.7 Å². The summed E-state index contributed by atoms with van der Waals surface area (Å²) < 4.78 is 5.07. The molecule has 0 amide bonds. The first-order valence-electron chi connectivity index (χ1n) is 5.90. The number of hydrogen-bond acceptors (Lipinski definition) is 4. The van der Waals surface area contributed by atoms with E-state index in [4.69, 9.17) is 9.84 Å². The molecule has 1 rings (SSSR count). The lowest BCUT2D eigenvalue weighted by Crippen LogP contribution is -2.36. The molecule has 17 heavy (non-hydrogen) atoms. The van der Waals surface area contributed by atoms with Crippen LogP contribution in [0.15, 0.2) is 24.3 Å². The first kappa shape index (κ1) is 13.8. The highest BCUT2D eigenvalue weighted by Gasteiger charge is 2.17. The minimum absolute atomic E-state index is 0.126. The molecule has 1 aromatic carbocycles. The molecule has 0 aliphatic carbocycles. The third-order valence-corrected chi connectivity index (χ3v) is 2.69. The van der Waals surface area contributed by atoms with Gasteiger partial charge in [-0.25, -0.2) is 0 Å². The van der Waals surface area contributed by atoms with Crippen LogP contribution in [0.1, 0.15) is 19.8 Å². The average molecular weight is 239 g/mol. The van der Waals surface area contributed by atoms with Crippen molar-refractivity contribution in [3.05, 3.63) is 24.3 Å². The van der Waals surface area contributed by atoms with E-state index < -0.39 is 6.10 Å². The molecule has 3 N–H and O–H groups in total. The number of aliphatic hydroxyl groups excluding tert-OH is 2. The van der Waals surface area contributed by atoms with Gasteiger partial charge in [0, 0.05) is 5.69 Å². The topological polar surface area (TPSA) is 61.7 Å².